The predicted molar refractivity (Wildman–Crippen MR) is 17.1 cm³/mol. The van der Waals surface area contributed by atoms with Gasteiger partial charge in [0.1, 0.15) is 16.2 Å². The number of hydrogen-bond donors (Lipinski definition) is 2. The van der Waals surface area contributed by atoms with Gasteiger partial charge in [0, 0.05) is 0 Å². The maximum atomic E-state index is 6.84. The highest BCUT2D eigenvalue weighted by Gasteiger charge is 1.89. The van der Waals surface area contributed by atoms with E-state index in [4.69, 9.17) is 5.57 Å². The number of hydrazine groups is 1. The number of nitrogens with one attached hydrogen (secondary N) is 2. The van der Waals surface area contributed by atoms with Crippen molar-refractivity contribution in [3.63, 3.8) is 0 Å². The molecule has 3 heteroatoms. The van der Waals surface area contributed by atoms with E-state index in [9.17, 15) is 0 Å². The second kappa shape index (κ2) is 1.35. The molecule has 0 saturated carbocycles. The Morgan fingerprint density at radius 3 is 3.20 bits per heavy atom. The highest BCUT2D eigenvalue weighted by atomic mass is 16.5. The van der Waals surface area contributed by atoms with Crippen LogP contribution < -0.4 is 10.8 Å². The molecule has 0 spiro atoms. The van der Waals surface area contributed by atoms with Crippen molar-refractivity contribution in [1.29, 1.82) is 0 Å². The van der Waals surface area contributed by atoms with E-state index in [1.165, 1.54) is 0 Å². The molecule has 0 unspecified atom stereocenters. The average Bonchev–Trinajstić information content (AvgIpc) is 1.97. The molecule has 0 radical (unpaired) electrons. The molecular weight excluding hydrogens is 68.0 g/mol. The highest BCUT2D eigenvalue weighted by molar-refractivity contribution is 4.28. The molecule has 0 aromatic heterocycles. The molecule has 1 aliphatic rings. The topological polar surface area (TPSA) is 33.3 Å². The van der Waals surface area contributed by atoms with Crippen LogP contribution in [0.4, 0.5) is 0 Å². The summed E-state index contributed by atoms with van der Waals surface area (Å²) in [6.45, 7) is -2.34. The summed E-state index contributed by atoms with van der Waals surface area (Å²) in [7, 11) is 0. The van der Waals surface area contributed by atoms with Crippen molar-refractivity contribution in [3.05, 3.63) is 0 Å². The Kier molecular flexibility index (Phi) is 0.252. The molecule has 1 rings (SSSR count). The van der Waals surface area contributed by atoms with Crippen LogP contribution in [-0.2, 0) is 4.74 Å². The third kappa shape index (κ3) is 0.576. The summed E-state index contributed by atoms with van der Waals surface area (Å²) in [6.07, 6.45) is 0. The molecule has 2 N–H and O–H groups in total. The van der Waals surface area contributed by atoms with Crippen LogP contribution in [0.3, 0.4) is 0 Å². The lowest BCUT2D eigenvalue weighted by atomic mass is 11.3. The van der Waals surface area contributed by atoms with E-state index in [1.54, 1.807) is 0 Å². The lowest BCUT2D eigenvalue weighted by molar-refractivity contribution is 0.189. The Bertz CT molecular complexity index is 119. The van der Waals surface area contributed by atoms with Crippen LogP contribution >= 0.6 is 0 Å². The van der Waals surface area contributed by atoms with Crippen LogP contribution in [-0.4, -0.2) is 13.4 Å². The molecule has 1 saturated heterocycles. The highest BCUT2D eigenvalue weighted by Crippen LogP contribution is 1.67. The molecular formula is C2H6N2O. The summed E-state index contributed by atoms with van der Waals surface area (Å²) < 4.78 is 31.7. The van der Waals surface area contributed by atoms with Gasteiger partial charge in [-0.1, -0.05) is 0 Å². The van der Waals surface area contributed by atoms with E-state index in [1.807, 2.05) is 0 Å². The molecule has 0 amide bonds. The molecule has 1 aliphatic heterocycles. The summed E-state index contributed by atoms with van der Waals surface area (Å²) in [6, 6.07) is 0. The zero-order valence-electron chi connectivity index (χ0n) is 6.51. The largest absolute Gasteiger partial charge is 0.349 e. The Morgan fingerprint density at radius 1 is 2.00 bits per heavy atom. The molecule has 0 aromatic rings. The third-order valence-electron chi connectivity index (χ3n) is 0.298. The van der Waals surface area contributed by atoms with Gasteiger partial charge in [0.25, 0.3) is 0 Å². The van der Waals surface area contributed by atoms with E-state index in [0.29, 0.717) is 10.8 Å². The van der Waals surface area contributed by atoms with Gasteiger partial charge < -0.3 is 4.74 Å². The third-order valence-corrected chi connectivity index (χ3v) is 0.298. The SMILES string of the molecule is [2H]N1COC([2H])([2H])N1[2H]. The van der Waals surface area contributed by atoms with E-state index in [0.717, 1.165) is 0 Å². The molecule has 0 aromatic carbocycles. The van der Waals surface area contributed by atoms with Crippen LogP contribution in [0.15, 0.2) is 0 Å². The van der Waals surface area contributed by atoms with Crippen molar-refractivity contribution in [2.75, 3.05) is 13.4 Å². The zero-order chi connectivity index (χ0) is 7.07. The second-order valence-electron chi connectivity index (χ2n) is 0.606. The summed E-state index contributed by atoms with van der Waals surface area (Å²) in [4.78, 5) is 0. The summed E-state index contributed by atoms with van der Waals surface area (Å²) in [5, 5.41) is 0. The zero-order valence-corrected chi connectivity index (χ0v) is 2.51. The normalized spacial score (nSPS) is 53.6. The van der Waals surface area contributed by atoms with E-state index in [2.05, 4.69) is 4.74 Å². The minimum Gasteiger partial charge on any atom is -0.349 e. The van der Waals surface area contributed by atoms with Crippen LogP contribution in [0.25, 0.3) is 0 Å². The van der Waals surface area contributed by atoms with Crippen molar-refractivity contribution < 1.29 is 10.3 Å². The molecule has 1 fully saturated rings. The summed E-state index contributed by atoms with van der Waals surface area (Å²) in [5.74, 6) is 0. The van der Waals surface area contributed by atoms with Crippen LogP contribution in [0.1, 0.15) is 2.74 Å². The van der Waals surface area contributed by atoms with Gasteiger partial charge >= 0.3 is 0 Å². The van der Waals surface area contributed by atoms with Gasteiger partial charge in [0.05, 0.1) is 2.74 Å². The first-order valence-electron chi connectivity index (χ1n) is 3.13. The number of ether oxygens (including phenoxy) is 1. The first-order chi connectivity index (χ1) is 4.04. The first-order valence-corrected chi connectivity index (χ1v) is 1.23. The smallest absolute Gasteiger partial charge is 0.144 e. The van der Waals surface area contributed by atoms with E-state index in [-0.39, 0.29) is 6.73 Å². The fourth-order valence-electron chi connectivity index (χ4n) is 0.144. The monoisotopic (exact) mass is 78.1 g/mol. The molecule has 30 valence electrons. The van der Waals surface area contributed by atoms with Gasteiger partial charge in [0.15, 0.2) is 0 Å². The van der Waals surface area contributed by atoms with Gasteiger partial charge in [-0.05, 0) is 0 Å². The average molecular weight is 78.1 g/mol. The van der Waals surface area contributed by atoms with Crippen molar-refractivity contribution in [1.82, 2.24) is 10.8 Å². The fourth-order valence-corrected chi connectivity index (χ4v) is 0.144. The summed E-state index contributed by atoms with van der Waals surface area (Å²) in [5.41, 5.74) is 0.910. The van der Waals surface area contributed by atoms with Crippen molar-refractivity contribution in [3.8, 4) is 0 Å². The maximum absolute atomic E-state index is 6.84. The fraction of sp³-hybridized carbons (Fsp3) is 1.00. The van der Waals surface area contributed by atoms with Gasteiger partial charge in [0.2, 0.25) is 0 Å². The Balaban J connectivity index is 2.62. The lowest BCUT2D eigenvalue weighted by Gasteiger charge is -1.76. The van der Waals surface area contributed by atoms with Crippen LogP contribution in [0, 0.1) is 0 Å². The number of rotatable bonds is 0. The summed E-state index contributed by atoms with van der Waals surface area (Å²) >= 11 is 0. The van der Waals surface area contributed by atoms with Crippen LogP contribution in [0.2, 0.25) is 2.82 Å². The predicted octanol–water partition coefficient (Wildman–Crippen LogP) is -0.974. The van der Waals surface area contributed by atoms with Gasteiger partial charge in [-0.15, -0.1) is 0 Å². The Morgan fingerprint density at radius 2 is 3.00 bits per heavy atom. The Labute approximate surface area is 36.0 Å². The van der Waals surface area contributed by atoms with Crippen LogP contribution in [0.5, 0.6) is 0 Å². The molecule has 0 aliphatic carbocycles. The lowest BCUT2D eigenvalue weighted by Crippen LogP contribution is -2.21. The second-order valence-corrected chi connectivity index (χ2v) is 0.606. The molecule has 5 heavy (non-hydrogen) atoms. The van der Waals surface area contributed by atoms with E-state index >= 15 is 0 Å². The minimum absolute atomic E-state index is 0.198. The number of hydrogen-bond acceptors (Lipinski definition) is 3. The van der Waals surface area contributed by atoms with Crippen molar-refractivity contribution in [2.24, 2.45) is 0 Å². The Hall–Kier alpha value is -0.120. The standard InChI is InChI=1S/C2H6N2O/c1-3-4-2-5-1/h3-4H,1-2H2/i1D2/hD2. The first kappa shape index (κ1) is 0.932. The molecule has 0 atom stereocenters. The van der Waals surface area contributed by atoms with Gasteiger partial charge in [-0.25, -0.2) is 10.8 Å². The minimum atomic E-state index is -2.14. The molecule has 0 bridgehead atoms. The van der Waals surface area contributed by atoms with Crippen molar-refractivity contribution in [2.45, 2.75) is 0 Å². The quantitative estimate of drug-likeness (QED) is 0.391. The van der Waals surface area contributed by atoms with Gasteiger partial charge in [-0.2, -0.15) is 0 Å². The molecule has 1 heterocycles. The molecule has 3 nitrogen and oxygen atoms in total. The van der Waals surface area contributed by atoms with Gasteiger partial charge in [-0.3, -0.25) is 0 Å². The maximum Gasteiger partial charge on any atom is 0.144 e. The van der Waals surface area contributed by atoms with Crippen molar-refractivity contribution >= 4 is 0 Å². The van der Waals surface area contributed by atoms with E-state index < -0.39 is 6.68 Å².